The molecular weight excluding hydrogens is 374 g/mol. The van der Waals surface area contributed by atoms with Crippen molar-refractivity contribution < 1.29 is 24.1 Å². The summed E-state index contributed by atoms with van der Waals surface area (Å²) in [5.74, 6) is 1.15. The van der Waals surface area contributed by atoms with E-state index in [1.807, 2.05) is 0 Å². The van der Waals surface area contributed by atoms with Crippen molar-refractivity contribution in [3.8, 4) is 28.7 Å². The number of nitrogen functional groups attached to an aromatic ring is 1. The van der Waals surface area contributed by atoms with Crippen molar-refractivity contribution in [2.24, 2.45) is 0 Å². The molecule has 0 saturated carbocycles. The van der Waals surface area contributed by atoms with Gasteiger partial charge in [-0.3, -0.25) is 4.79 Å². The summed E-state index contributed by atoms with van der Waals surface area (Å²) in [5.41, 5.74) is 9.22. The first kappa shape index (κ1) is 20.3. The van der Waals surface area contributed by atoms with Gasteiger partial charge in [-0.25, -0.2) is 4.98 Å². The molecule has 0 radical (unpaired) electrons. The molecule has 2 aromatic rings. The molecule has 1 aromatic heterocycles. The Morgan fingerprint density at radius 3 is 2.70 bits per heavy atom. The van der Waals surface area contributed by atoms with Crippen LogP contribution in [0.1, 0.15) is 16.8 Å². The maximum absolute atomic E-state index is 9.61. The van der Waals surface area contributed by atoms with E-state index in [4.69, 9.17) is 41.4 Å². The molecule has 3 N–H and O–H groups in total. The van der Waals surface area contributed by atoms with Gasteiger partial charge in [0.2, 0.25) is 0 Å². The number of ether oxygens (including phenoxy) is 3. The maximum Gasteiger partial charge on any atom is 0.290 e. The normalized spacial score (nSPS) is 12.1. The molecule has 0 fully saturated rings. The van der Waals surface area contributed by atoms with Gasteiger partial charge in [0.25, 0.3) is 6.47 Å². The third-order valence-corrected chi connectivity index (χ3v) is 4.18. The molecule has 0 amide bonds. The number of hydrogen-bond donors (Lipinski definition) is 2. The summed E-state index contributed by atoms with van der Waals surface area (Å²) in [6.45, 7) is 0.672. The first-order chi connectivity index (χ1) is 13.0. The molecule has 8 nitrogen and oxygen atoms in total. The van der Waals surface area contributed by atoms with Crippen LogP contribution in [0, 0.1) is 11.3 Å². The summed E-state index contributed by atoms with van der Waals surface area (Å²) in [5, 5.41) is 17.0. The Bertz CT molecular complexity index is 896. The molecule has 27 heavy (non-hydrogen) atoms. The minimum Gasteiger partial charge on any atom is -0.493 e. The number of halogens is 1. The molecule has 0 aliphatic carbocycles. The number of hydrogen-bond acceptors (Lipinski definition) is 7. The Hall–Kier alpha value is -3.02. The second-order valence-corrected chi connectivity index (χ2v) is 5.82. The smallest absolute Gasteiger partial charge is 0.290 e. The second kappa shape index (κ2) is 9.07. The van der Waals surface area contributed by atoms with E-state index in [-0.39, 0.29) is 17.9 Å². The van der Waals surface area contributed by atoms with E-state index in [0.29, 0.717) is 47.3 Å². The molecule has 0 bridgehead atoms. The molecule has 0 spiro atoms. The molecule has 9 heteroatoms. The molecule has 142 valence electrons. The van der Waals surface area contributed by atoms with Crippen LogP contribution in [0.25, 0.3) is 11.1 Å². The number of carboxylic acid groups (broad SMARTS) is 1. The van der Waals surface area contributed by atoms with Gasteiger partial charge >= 0.3 is 0 Å². The lowest BCUT2D eigenvalue weighted by molar-refractivity contribution is -0.122. The van der Waals surface area contributed by atoms with Crippen LogP contribution < -0.4 is 15.2 Å². The summed E-state index contributed by atoms with van der Waals surface area (Å²) in [4.78, 5) is 12.7. The largest absolute Gasteiger partial charge is 0.493 e. The molecule has 0 atom stereocenters. The van der Waals surface area contributed by atoms with Gasteiger partial charge in [-0.1, -0.05) is 11.6 Å². The molecule has 1 aliphatic rings. The zero-order chi connectivity index (χ0) is 20.0. The number of methoxy groups -OCH3 is 2. The molecule has 1 aliphatic heterocycles. The van der Waals surface area contributed by atoms with E-state index >= 15 is 0 Å². The first-order valence-electron chi connectivity index (χ1n) is 7.81. The van der Waals surface area contributed by atoms with Crippen molar-refractivity contribution in [2.45, 2.75) is 13.0 Å². The van der Waals surface area contributed by atoms with Crippen LogP contribution >= 0.6 is 11.6 Å². The van der Waals surface area contributed by atoms with E-state index < -0.39 is 0 Å². The number of benzene rings is 1. The first-order valence-corrected chi connectivity index (χ1v) is 8.18. The van der Waals surface area contributed by atoms with Gasteiger partial charge in [0.1, 0.15) is 17.5 Å². The number of pyridine rings is 1. The average molecular weight is 392 g/mol. The second-order valence-electron chi connectivity index (χ2n) is 5.38. The monoisotopic (exact) mass is 391 g/mol. The zero-order valence-electron chi connectivity index (χ0n) is 14.8. The van der Waals surface area contributed by atoms with E-state index in [0.717, 1.165) is 11.3 Å². The minimum atomic E-state index is -0.250. The lowest BCUT2D eigenvalue weighted by Crippen LogP contribution is -2.16. The number of nitriles is 1. The minimum absolute atomic E-state index is 0.189. The predicted octanol–water partition coefficient (Wildman–Crippen LogP) is 2.65. The van der Waals surface area contributed by atoms with Crippen molar-refractivity contribution >= 4 is 23.9 Å². The van der Waals surface area contributed by atoms with Gasteiger partial charge in [0.05, 0.1) is 33.1 Å². The summed E-state index contributed by atoms with van der Waals surface area (Å²) >= 11 is 6.23. The molecular formula is C18H18ClN3O5. The highest BCUT2D eigenvalue weighted by atomic mass is 35.5. The van der Waals surface area contributed by atoms with Gasteiger partial charge in [-0.15, -0.1) is 0 Å². The van der Waals surface area contributed by atoms with Crippen LogP contribution in [0.4, 0.5) is 5.82 Å². The molecule has 0 saturated heterocycles. The Balaban J connectivity index is 0.000000817. The third-order valence-electron chi connectivity index (χ3n) is 3.97. The van der Waals surface area contributed by atoms with Crippen molar-refractivity contribution in [1.82, 2.24) is 4.98 Å². The number of anilines is 1. The lowest BCUT2D eigenvalue weighted by atomic mass is 9.92. The highest BCUT2D eigenvalue weighted by Crippen LogP contribution is 2.45. The lowest BCUT2D eigenvalue weighted by Gasteiger charge is -2.23. The fourth-order valence-electron chi connectivity index (χ4n) is 2.92. The average Bonchev–Trinajstić information content (AvgIpc) is 2.66. The fourth-order valence-corrected chi connectivity index (χ4v) is 3.13. The highest BCUT2D eigenvalue weighted by molar-refractivity contribution is 6.31. The zero-order valence-corrected chi connectivity index (χ0v) is 15.5. The number of nitrogens with two attached hydrogens (primary N) is 1. The number of carbonyl (C=O) groups is 1. The Kier molecular flexibility index (Phi) is 6.82. The van der Waals surface area contributed by atoms with Gasteiger partial charge in [-0.2, -0.15) is 5.26 Å². The highest BCUT2D eigenvalue weighted by Gasteiger charge is 2.26. The van der Waals surface area contributed by atoms with Crippen molar-refractivity contribution in [2.75, 3.05) is 26.6 Å². The van der Waals surface area contributed by atoms with Gasteiger partial charge in [-0.05, 0) is 6.07 Å². The van der Waals surface area contributed by atoms with Crippen LogP contribution in [-0.2, 0) is 22.6 Å². The maximum atomic E-state index is 9.61. The quantitative estimate of drug-likeness (QED) is 0.764. The molecule has 0 unspecified atom stereocenters. The van der Waals surface area contributed by atoms with Crippen LogP contribution in [0.15, 0.2) is 12.1 Å². The Morgan fingerprint density at radius 2 is 2.11 bits per heavy atom. The third kappa shape index (κ3) is 4.05. The van der Waals surface area contributed by atoms with Crippen LogP contribution in [0.2, 0.25) is 5.02 Å². The summed E-state index contributed by atoms with van der Waals surface area (Å²) in [6.07, 6.45) is 0.637. The van der Waals surface area contributed by atoms with Gasteiger partial charge in [0, 0.05) is 34.2 Å². The van der Waals surface area contributed by atoms with E-state index in [2.05, 4.69) is 11.1 Å². The predicted molar refractivity (Wildman–Crippen MR) is 99.0 cm³/mol. The Morgan fingerprint density at radius 1 is 1.41 bits per heavy atom. The van der Waals surface area contributed by atoms with Crippen molar-refractivity contribution in [1.29, 1.82) is 5.26 Å². The summed E-state index contributed by atoms with van der Waals surface area (Å²) in [7, 11) is 3.07. The van der Waals surface area contributed by atoms with Crippen molar-refractivity contribution in [3.63, 3.8) is 0 Å². The van der Waals surface area contributed by atoms with Crippen LogP contribution in [0.5, 0.6) is 11.5 Å². The number of fused-ring (bicyclic) bond motifs is 1. The molecule has 2 heterocycles. The number of aromatic nitrogens is 1. The summed E-state index contributed by atoms with van der Waals surface area (Å²) < 4.78 is 16.4. The van der Waals surface area contributed by atoms with Gasteiger partial charge < -0.3 is 25.1 Å². The molecule has 1 aromatic carbocycles. The SMILES string of the molecule is COc1cc(Cl)cc(-c2c(C#N)c(N)nc3c2COCC3)c1OC.O=CO. The van der Waals surface area contributed by atoms with E-state index in [1.165, 1.54) is 14.2 Å². The van der Waals surface area contributed by atoms with Gasteiger partial charge in [0.15, 0.2) is 11.5 Å². The molecule has 3 rings (SSSR count). The van der Waals surface area contributed by atoms with Crippen molar-refractivity contribution in [3.05, 3.63) is 34.0 Å². The van der Waals surface area contributed by atoms with Crippen LogP contribution in [-0.4, -0.2) is 37.4 Å². The number of rotatable bonds is 3. The fraction of sp³-hybridized carbons (Fsp3) is 0.278. The standard InChI is InChI=1S/C17H16ClN3O3.CH2O2/c1-22-14-6-9(18)5-10(16(14)23-2)15-11(7-19)17(20)21-13-3-4-24-8-12(13)15;2-1-3/h5-6H,3-4,8H2,1-2H3,(H2,20,21);1H,(H,2,3). The Labute approximate surface area is 161 Å². The van der Waals surface area contributed by atoms with E-state index in [1.54, 1.807) is 12.1 Å². The summed E-state index contributed by atoms with van der Waals surface area (Å²) in [6, 6.07) is 5.52. The van der Waals surface area contributed by atoms with E-state index in [9.17, 15) is 5.26 Å². The van der Waals surface area contributed by atoms with Crippen LogP contribution in [0.3, 0.4) is 0 Å². The number of nitrogens with zero attached hydrogens (tertiary/aromatic N) is 2. The topological polar surface area (TPSA) is 128 Å².